The number of hydrogen-bond acceptors (Lipinski definition) is 3. The van der Waals surface area contributed by atoms with Crippen molar-refractivity contribution in [2.75, 3.05) is 5.75 Å². The molecule has 98 valence electrons. The minimum Gasteiger partial charge on any atom is -0.481 e. The molecule has 0 aliphatic carbocycles. The van der Waals surface area contributed by atoms with Crippen LogP contribution in [-0.2, 0) is 21.1 Å². The van der Waals surface area contributed by atoms with Gasteiger partial charge in [-0.1, -0.05) is 23.7 Å². The molecule has 0 amide bonds. The van der Waals surface area contributed by atoms with Gasteiger partial charge in [-0.2, -0.15) is 0 Å². The van der Waals surface area contributed by atoms with Crippen molar-refractivity contribution in [2.45, 2.75) is 18.2 Å². The van der Waals surface area contributed by atoms with Gasteiger partial charge in [0.05, 0.1) is 17.1 Å². The van der Waals surface area contributed by atoms with Gasteiger partial charge in [-0.05, 0) is 30.2 Å². The van der Waals surface area contributed by atoms with E-state index in [2.05, 4.69) is 0 Å². The Morgan fingerprint density at radius 1 is 1.33 bits per heavy atom. The number of carbonyl (C=O) groups is 1. The molecular weight excluding hydrogens is 276 g/mol. The maximum Gasteiger partial charge on any atom is 0.307 e. The second-order valence-electron chi connectivity index (χ2n) is 3.93. The molecule has 0 fully saturated rings. The molecule has 0 atom stereocenters. The molecule has 1 aromatic carbocycles. The fraction of sp³-hybridized carbons (Fsp3) is 0.250. The number of sulfone groups is 1. The molecule has 1 rings (SSSR count). The van der Waals surface area contributed by atoms with Crippen LogP contribution in [-0.4, -0.2) is 25.2 Å². The minimum atomic E-state index is -3.42. The van der Waals surface area contributed by atoms with Crippen LogP contribution < -0.4 is 0 Å². The van der Waals surface area contributed by atoms with Gasteiger partial charge in [-0.3, -0.25) is 4.79 Å². The summed E-state index contributed by atoms with van der Waals surface area (Å²) < 4.78 is 23.8. The first kappa shape index (κ1) is 14.7. The monoisotopic (exact) mass is 288 g/mol. The molecule has 0 saturated carbocycles. The Morgan fingerprint density at radius 2 is 1.89 bits per heavy atom. The molecule has 0 radical (unpaired) electrons. The highest BCUT2D eigenvalue weighted by atomic mass is 35.5. The predicted octanol–water partition coefficient (Wildman–Crippen LogP) is 2.23. The highest BCUT2D eigenvalue weighted by Gasteiger charge is 2.15. The second-order valence-corrected chi connectivity index (χ2v) is 6.14. The van der Waals surface area contributed by atoms with E-state index >= 15 is 0 Å². The third-order valence-electron chi connectivity index (χ3n) is 2.24. The molecule has 4 nitrogen and oxygen atoms in total. The summed E-state index contributed by atoms with van der Waals surface area (Å²) in [5.74, 6) is -1.10. The van der Waals surface area contributed by atoms with E-state index < -0.39 is 15.8 Å². The van der Waals surface area contributed by atoms with Gasteiger partial charge in [0.15, 0.2) is 9.84 Å². The fourth-order valence-corrected chi connectivity index (χ4v) is 2.97. The highest BCUT2D eigenvalue weighted by molar-refractivity contribution is 7.91. The zero-order chi connectivity index (χ0) is 13.8. The van der Waals surface area contributed by atoms with Crippen molar-refractivity contribution in [1.29, 1.82) is 0 Å². The van der Waals surface area contributed by atoms with Crippen LogP contribution in [0.25, 0.3) is 0 Å². The van der Waals surface area contributed by atoms with E-state index in [1.54, 1.807) is 6.92 Å². The minimum absolute atomic E-state index is 0.124. The summed E-state index contributed by atoms with van der Waals surface area (Å²) in [5, 5.41) is 8.61. The van der Waals surface area contributed by atoms with Gasteiger partial charge in [-0.25, -0.2) is 8.42 Å². The van der Waals surface area contributed by atoms with Gasteiger partial charge in [0.2, 0.25) is 0 Å². The molecule has 0 spiro atoms. The Kier molecular flexibility index (Phi) is 4.93. The normalized spacial score (nSPS) is 12.4. The largest absolute Gasteiger partial charge is 0.481 e. The lowest BCUT2D eigenvalue weighted by molar-refractivity contribution is -0.136. The van der Waals surface area contributed by atoms with Crippen LogP contribution in [0.2, 0.25) is 0 Å². The van der Waals surface area contributed by atoms with Crippen molar-refractivity contribution < 1.29 is 18.3 Å². The van der Waals surface area contributed by atoms with E-state index in [1.165, 1.54) is 29.8 Å². The summed E-state index contributed by atoms with van der Waals surface area (Å²) in [4.78, 5) is 10.7. The first-order valence-corrected chi connectivity index (χ1v) is 7.23. The predicted molar refractivity (Wildman–Crippen MR) is 69.4 cm³/mol. The van der Waals surface area contributed by atoms with Crippen LogP contribution in [0, 0.1) is 0 Å². The average Bonchev–Trinajstić information content (AvgIpc) is 2.28. The lowest BCUT2D eigenvalue weighted by Gasteiger charge is -2.05. The number of hydrogen-bond donors (Lipinski definition) is 1. The Morgan fingerprint density at radius 3 is 2.33 bits per heavy atom. The summed E-state index contributed by atoms with van der Waals surface area (Å²) in [5.41, 5.74) is 2.34. The van der Waals surface area contributed by atoms with Crippen molar-refractivity contribution in [2.24, 2.45) is 0 Å². The summed E-state index contributed by atoms with van der Waals surface area (Å²) in [6, 6.07) is 5.83. The first-order valence-electron chi connectivity index (χ1n) is 5.14. The molecule has 1 aromatic rings. The molecule has 0 aliphatic heterocycles. The summed E-state index contributed by atoms with van der Waals surface area (Å²) in [6.45, 7) is 1.63. The molecule has 0 aromatic heterocycles. The zero-order valence-corrected chi connectivity index (χ0v) is 11.3. The van der Waals surface area contributed by atoms with Crippen LogP contribution in [0.15, 0.2) is 40.3 Å². The molecule has 1 N–H and O–H groups in total. The zero-order valence-electron chi connectivity index (χ0n) is 9.76. The molecule has 0 bridgehead atoms. The lowest BCUT2D eigenvalue weighted by Crippen LogP contribution is -2.08. The smallest absolute Gasteiger partial charge is 0.307 e. The quantitative estimate of drug-likeness (QED) is 0.902. The van der Waals surface area contributed by atoms with Crippen LogP contribution in [0.5, 0.6) is 0 Å². The Bertz CT molecular complexity index is 558. The molecular formula is C12H13ClO4S. The molecule has 0 aliphatic rings. The van der Waals surface area contributed by atoms with Gasteiger partial charge in [-0.15, -0.1) is 0 Å². The molecule has 0 saturated heterocycles. The van der Waals surface area contributed by atoms with Crippen LogP contribution in [0.4, 0.5) is 0 Å². The van der Waals surface area contributed by atoms with Gasteiger partial charge < -0.3 is 5.11 Å². The topological polar surface area (TPSA) is 71.4 Å². The molecule has 0 unspecified atom stereocenters. The number of carboxylic acids is 1. The summed E-state index contributed by atoms with van der Waals surface area (Å²) >= 11 is 5.44. The number of rotatable bonds is 5. The van der Waals surface area contributed by atoms with Crippen LogP contribution in [0.3, 0.4) is 0 Å². The van der Waals surface area contributed by atoms with Gasteiger partial charge in [0.1, 0.15) is 0 Å². The summed E-state index contributed by atoms with van der Waals surface area (Å²) in [6.07, 6.45) is -0.124. The van der Waals surface area contributed by atoms with Crippen molar-refractivity contribution in [3.05, 3.63) is 40.9 Å². The van der Waals surface area contributed by atoms with Gasteiger partial charge >= 0.3 is 5.97 Å². The fourth-order valence-electron chi connectivity index (χ4n) is 1.40. The number of benzene rings is 1. The van der Waals surface area contributed by atoms with E-state index in [0.717, 1.165) is 0 Å². The maximum atomic E-state index is 11.9. The van der Waals surface area contributed by atoms with Crippen LogP contribution >= 0.6 is 11.6 Å². The van der Waals surface area contributed by atoms with Crippen molar-refractivity contribution >= 4 is 27.4 Å². The number of carboxylic acid groups (broad SMARTS) is 1. The lowest BCUT2D eigenvalue weighted by atomic mass is 10.2. The standard InChI is InChI=1S/C12H13ClO4S/c1-9(7-13)8-18(16,17)11-4-2-10(3-5-11)6-12(14)15/h2-5,7H,6,8H2,1H3,(H,14,15)/b9-7-. The van der Waals surface area contributed by atoms with E-state index in [9.17, 15) is 13.2 Å². The summed E-state index contributed by atoms with van der Waals surface area (Å²) in [7, 11) is -3.42. The van der Waals surface area contributed by atoms with E-state index in [1.807, 2.05) is 0 Å². The molecule has 18 heavy (non-hydrogen) atoms. The highest BCUT2D eigenvalue weighted by Crippen LogP contribution is 2.15. The van der Waals surface area contributed by atoms with Crippen molar-refractivity contribution in [3.8, 4) is 0 Å². The van der Waals surface area contributed by atoms with E-state index in [-0.39, 0.29) is 17.1 Å². The van der Waals surface area contributed by atoms with Gasteiger partial charge in [0.25, 0.3) is 0 Å². The van der Waals surface area contributed by atoms with E-state index in [4.69, 9.17) is 16.7 Å². The second kappa shape index (κ2) is 6.02. The third kappa shape index (κ3) is 4.16. The Hall–Kier alpha value is -1.33. The van der Waals surface area contributed by atoms with Crippen molar-refractivity contribution in [1.82, 2.24) is 0 Å². The molecule has 6 heteroatoms. The Labute approximate surface area is 111 Å². The Balaban J connectivity index is 2.94. The van der Waals surface area contributed by atoms with E-state index in [0.29, 0.717) is 11.1 Å². The van der Waals surface area contributed by atoms with Gasteiger partial charge in [0, 0.05) is 5.54 Å². The first-order chi connectivity index (χ1) is 8.35. The van der Waals surface area contributed by atoms with Crippen molar-refractivity contribution in [3.63, 3.8) is 0 Å². The number of halogens is 1. The maximum absolute atomic E-state index is 11.9. The third-order valence-corrected chi connectivity index (χ3v) is 4.44. The average molecular weight is 289 g/mol. The number of aliphatic carboxylic acids is 1. The molecule has 0 heterocycles. The van der Waals surface area contributed by atoms with Crippen LogP contribution in [0.1, 0.15) is 12.5 Å². The SMILES string of the molecule is C/C(=C/Cl)CS(=O)(=O)c1ccc(CC(=O)O)cc1.